The maximum atomic E-state index is 11.9. The third kappa shape index (κ3) is 2.41. The van der Waals surface area contributed by atoms with Gasteiger partial charge < -0.3 is 10.6 Å². The Morgan fingerprint density at radius 1 is 1.53 bits per heavy atom. The number of thiocarbonyl (C=S) groups is 1. The number of nitrogens with one attached hydrogen (secondary N) is 1. The van der Waals surface area contributed by atoms with Crippen molar-refractivity contribution in [1.82, 2.24) is 10.3 Å². The highest BCUT2D eigenvalue weighted by Crippen LogP contribution is 2.25. The van der Waals surface area contributed by atoms with Crippen molar-refractivity contribution >= 4 is 34.8 Å². The molecule has 7 heteroatoms. The number of pyridine rings is 1. The first-order valence-electron chi connectivity index (χ1n) is 5.70. The molecular formula is C12H14N4O2S. The summed E-state index contributed by atoms with van der Waals surface area (Å²) in [5.41, 5.74) is 5.36. The quantitative estimate of drug-likeness (QED) is 0.583. The minimum atomic E-state index is -0.865. The molecule has 0 saturated carbocycles. The number of imide groups is 1. The molecule has 6 nitrogen and oxygen atoms in total. The second-order valence-electron chi connectivity index (χ2n) is 4.79. The molecule has 2 rings (SSSR count). The molecule has 2 heterocycles. The van der Waals surface area contributed by atoms with Gasteiger partial charge >= 0.3 is 0 Å². The van der Waals surface area contributed by atoms with E-state index in [0.717, 1.165) is 0 Å². The Hall–Kier alpha value is -2.02. The van der Waals surface area contributed by atoms with Gasteiger partial charge in [-0.1, -0.05) is 12.2 Å². The molecule has 19 heavy (non-hydrogen) atoms. The number of hydrogen-bond acceptors (Lipinski definition) is 5. The van der Waals surface area contributed by atoms with Crippen molar-refractivity contribution in [3.8, 4) is 0 Å². The Labute approximate surface area is 116 Å². The van der Waals surface area contributed by atoms with E-state index in [0.29, 0.717) is 11.4 Å². The van der Waals surface area contributed by atoms with Gasteiger partial charge in [0.25, 0.3) is 5.91 Å². The van der Waals surface area contributed by atoms with E-state index in [4.69, 9.17) is 18.0 Å². The van der Waals surface area contributed by atoms with E-state index < -0.39 is 5.54 Å². The van der Waals surface area contributed by atoms with Crippen LogP contribution in [0.2, 0.25) is 0 Å². The highest BCUT2D eigenvalue weighted by atomic mass is 32.1. The van der Waals surface area contributed by atoms with Gasteiger partial charge in [0.15, 0.2) is 0 Å². The Balaban J connectivity index is 2.44. The highest BCUT2D eigenvalue weighted by Gasteiger charge is 2.41. The summed E-state index contributed by atoms with van der Waals surface area (Å²) in [6.07, 6.45) is 1.55. The average Bonchev–Trinajstić information content (AvgIpc) is 2.34. The van der Waals surface area contributed by atoms with E-state index in [1.807, 2.05) is 0 Å². The lowest BCUT2D eigenvalue weighted by atomic mass is 9.98. The van der Waals surface area contributed by atoms with Gasteiger partial charge in [-0.3, -0.25) is 14.9 Å². The number of piperazine rings is 1. The van der Waals surface area contributed by atoms with E-state index >= 15 is 0 Å². The van der Waals surface area contributed by atoms with Crippen LogP contribution in [0.3, 0.4) is 0 Å². The van der Waals surface area contributed by atoms with Gasteiger partial charge in [-0.2, -0.15) is 0 Å². The number of hydrogen-bond donors (Lipinski definition) is 2. The van der Waals surface area contributed by atoms with Crippen molar-refractivity contribution in [3.63, 3.8) is 0 Å². The Morgan fingerprint density at radius 2 is 2.21 bits per heavy atom. The van der Waals surface area contributed by atoms with Gasteiger partial charge in [-0.25, -0.2) is 4.98 Å². The maximum absolute atomic E-state index is 11.9. The van der Waals surface area contributed by atoms with Gasteiger partial charge in [-0.15, -0.1) is 0 Å². The van der Waals surface area contributed by atoms with E-state index in [1.54, 1.807) is 37.1 Å². The average molecular weight is 278 g/mol. The molecule has 0 radical (unpaired) electrons. The fourth-order valence-electron chi connectivity index (χ4n) is 1.87. The molecule has 1 aromatic rings. The summed E-state index contributed by atoms with van der Waals surface area (Å²) < 4.78 is 0. The standard InChI is InChI=1S/C12H14N4O2S/c1-12(2)11(18)15-9(17)6-16(12)8-5-7(10(13)19)3-4-14-8/h3-5H,6H2,1-2H3,(H2,13,19)(H,15,17,18). The SMILES string of the molecule is CC1(C)C(=O)NC(=O)CN1c1cc(C(N)=S)ccn1. The molecule has 1 aromatic heterocycles. The lowest BCUT2D eigenvalue weighted by Crippen LogP contribution is -2.64. The molecule has 0 bridgehead atoms. The lowest BCUT2D eigenvalue weighted by molar-refractivity contribution is -0.135. The maximum Gasteiger partial charge on any atom is 0.251 e. The first-order chi connectivity index (χ1) is 8.82. The molecule has 0 aliphatic carbocycles. The number of anilines is 1. The molecule has 3 N–H and O–H groups in total. The zero-order chi connectivity index (χ0) is 14.2. The molecule has 0 unspecified atom stereocenters. The van der Waals surface area contributed by atoms with Crippen LogP contribution < -0.4 is 16.0 Å². The summed E-state index contributed by atoms with van der Waals surface area (Å²) in [7, 11) is 0. The summed E-state index contributed by atoms with van der Waals surface area (Å²) in [4.78, 5) is 29.5. The molecule has 1 fully saturated rings. The first-order valence-corrected chi connectivity index (χ1v) is 6.11. The van der Waals surface area contributed by atoms with Crippen LogP contribution in [0.1, 0.15) is 19.4 Å². The highest BCUT2D eigenvalue weighted by molar-refractivity contribution is 7.80. The smallest absolute Gasteiger partial charge is 0.251 e. The molecule has 2 amide bonds. The van der Waals surface area contributed by atoms with Crippen molar-refractivity contribution in [2.24, 2.45) is 5.73 Å². The first kappa shape index (κ1) is 13.4. The number of aromatic nitrogens is 1. The summed E-state index contributed by atoms with van der Waals surface area (Å²) in [6.45, 7) is 3.51. The predicted molar refractivity (Wildman–Crippen MR) is 74.7 cm³/mol. The largest absolute Gasteiger partial charge is 0.389 e. The van der Waals surface area contributed by atoms with E-state index in [1.165, 1.54) is 0 Å². The molecular weight excluding hydrogens is 264 g/mol. The van der Waals surface area contributed by atoms with Crippen LogP contribution in [-0.2, 0) is 9.59 Å². The fourth-order valence-corrected chi connectivity index (χ4v) is 2.00. The number of carbonyl (C=O) groups excluding carboxylic acids is 2. The second kappa shape index (κ2) is 4.58. The normalized spacial score (nSPS) is 18.1. The Kier molecular flexibility index (Phi) is 3.23. The molecule has 0 atom stereocenters. The van der Waals surface area contributed by atoms with Gasteiger partial charge in [0.05, 0.1) is 6.54 Å². The van der Waals surface area contributed by atoms with Crippen LogP contribution in [0.4, 0.5) is 5.82 Å². The number of nitrogens with two attached hydrogens (primary N) is 1. The van der Waals surface area contributed by atoms with Crippen LogP contribution in [0.5, 0.6) is 0 Å². The van der Waals surface area contributed by atoms with Gasteiger partial charge in [0.2, 0.25) is 5.91 Å². The lowest BCUT2D eigenvalue weighted by Gasteiger charge is -2.41. The van der Waals surface area contributed by atoms with E-state index in [-0.39, 0.29) is 23.3 Å². The molecule has 0 aromatic carbocycles. The second-order valence-corrected chi connectivity index (χ2v) is 5.23. The van der Waals surface area contributed by atoms with Crippen LogP contribution in [0, 0.1) is 0 Å². The third-order valence-electron chi connectivity index (χ3n) is 3.09. The molecule has 100 valence electrons. The summed E-state index contributed by atoms with van der Waals surface area (Å²) >= 11 is 4.91. The zero-order valence-corrected chi connectivity index (χ0v) is 11.5. The number of nitrogens with zero attached hydrogens (tertiary/aromatic N) is 2. The summed E-state index contributed by atoms with van der Waals surface area (Å²) in [6, 6.07) is 3.36. The Bertz CT molecular complexity index is 571. The fraction of sp³-hybridized carbons (Fsp3) is 0.333. The van der Waals surface area contributed by atoms with Gasteiger partial charge in [0, 0.05) is 11.8 Å². The summed E-state index contributed by atoms with van der Waals surface area (Å²) in [5, 5.41) is 2.31. The van der Waals surface area contributed by atoms with Gasteiger partial charge in [0.1, 0.15) is 16.3 Å². The van der Waals surface area contributed by atoms with Gasteiger partial charge in [-0.05, 0) is 26.0 Å². The van der Waals surface area contributed by atoms with Crippen molar-refractivity contribution in [2.75, 3.05) is 11.4 Å². The predicted octanol–water partition coefficient (Wildman–Crippen LogP) is -0.0428. The van der Waals surface area contributed by atoms with Crippen LogP contribution in [0.25, 0.3) is 0 Å². The van der Waals surface area contributed by atoms with Crippen molar-refractivity contribution in [1.29, 1.82) is 0 Å². The minimum Gasteiger partial charge on any atom is -0.389 e. The third-order valence-corrected chi connectivity index (χ3v) is 3.33. The molecule has 1 aliphatic heterocycles. The number of amides is 2. The van der Waals surface area contributed by atoms with Crippen LogP contribution in [-0.4, -0.2) is 33.9 Å². The Morgan fingerprint density at radius 3 is 2.84 bits per heavy atom. The van der Waals surface area contributed by atoms with Crippen molar-refractivity contribution in [3.05, 3.63) is 23.9 Å². The van der Waals surface area contributed by atoms with E-state index in [9.17, 15) is 9.59 Å². The molecule has 1 aliphatic rings. The molecule has 0 spiro atoms. The minimum absolute atomic E-state index is 0.0620. The van der Waals surface area contributed by atoms with Crippen molar-refractivity contribution in [2.45, 2.75) is 19.4 Å². The monoisotopic (exact) mass is 278 g/mol. The molecule has 1 saturated heterocycles. The summed E-state index contributed by atoms with van der Waals surface area (Å²) in [5.74, 6) is -0.211. The van der Waals surface area contributed by atoms with Crippen LogP contribution >= 0.6 is 12.2 Å². The number of carbonyl (C=O) groups is 2. The van der Waals surface area contributed by atoms with Crippen molar-refractivity contribution < 1.29 is 9.59 Å². The van der Waals surface area contributed by atoms with Crippen LogP contribution in [0.15, 0.2) is 18.3 Å². The zero-order valence-electron chi connectivity index (χ0n) is 10.6. The van der Waals surface area contributed by atoms with E-state index in [2.05, 4.69) is 10.3 Å². The number of rotatable bonds is 2. The topological polar surface area (TPSA) is 88.3 Å².